The van der Waals surface area contributed by atoms with Gasteiger partial charge in [-0.05, 0) is 50.1 Å². The van der Waals surface area contributed by atoms with Gasteiger partial charge in [0.2, 0.25) is 5.91 Å². The highest BCUT2D eigenvalue weighted by molar-refractivity contribution is 6.05. The molecular weight excluding hydrogens is 302 g/mol. The Bertz CT molecular complexity index is 712. The van der Waals surface area contributed by atoms with E-state index in [2.05, 4.69) is 10.6 Å². The lowest BCUT2D eigenvalue weighted by atomic mass is 10.1. The van der Waals surface area contributed by atoms with Crippen molar-refractivity contribution in [2.24, 2.45) is 5.73 Å². The molecule has 2 aromatic rings. The molecule has 5 heteroatoms. The Balaban J connectivity index is 2.07. The van der Waals surface area contributed by atoms with Crippen molar-refractivity contribution in [2.75, 3.05) is 10.6 Å². The number of nitrogens with two attached hydrogens (primary N) is 1. The molecule has 0 saturated carbocycles. The van der Waals surface area contributed by atoms with Gasteiger partial charge in [-0.3, -0.25) is 9.59 Å². The van der Waals surface area contributed by atoms with Crippen molar-refractivity contribution in [3.8, 4) is 0 Å². The Labute approximate surface area is 142 Å². The van der Waals surface area contributed by atoms with E-state index in [-0.39, 0.29) is 17.9 Å². The monoisotopic (exact) mass is 325 g/mol. The number of anilines is 2. The van der Waals surface area contributed by atoms with E-state index in [1.54, 1.807) is 18.2 Å². The molecule has 2 amide bonds. The zero-order valence-electron chi connectivity index (χ0n) is 14.0. The Morgan fingerprint density at radius 2 is 1.62 bits per heavy atom. The molecule has 0 radical (unpaired) electrons. The number of carbonyl (C=O) groups excluding carboxylic acids is 2. The first-order valence-electron chi connectivity index (χ1n) is 7.99. The zero-order chi connectivity index (χ0) is 17.5. The van der Waals surface area contributed by atoms with Crippen LogP contribution in [0.25, 0.3) is 0 Å². The van der Waals surface area contributed by atoms with Gasteiger partial charge in [0.05, 0.1) is 0 Å². The minimum Gasteiger partial charge on any atom is -0.328 e. The van der Waals surface area contributed by atoms with Crippen molar-refractivity contribution in [2.45, 2.75) is 32.7 Å². The van der Waals surface area contributed by atoms with Crippen molar-refractivity contribution in [1.82, 2.24) is 0 Å². The maximum atomic E-state index is 12.3. The van der Waals surface area contributed by atoms with Crippen LogP contribution in [0.5, 0.6) is 0 Å². The molecule has 24 heavy (non-hydrogen) atoms. The van der Waals surface area contributed by atoms with E-state index in [1.165, 1.54) is 0 Å². The molecule has 2 rings (SSSR count). The summed E-state index contributed by atoms with van der Waals surface area (Å²) in [5.41, 5.74) is 8.44. The standard InChI is InChI=1S/C19H23N3O2/c1-13(20)11-12-18(23)21-16-9-6-10-17(14(16)2)22-19(24)15-7-4-3-5-8-15/h3-10,13H,11-12,20H2,1-2H3,(H,21,23)(H,22,24). The van der Waals surface area contributed by atoms with Crippen LogP contribution in [0.1, 0.15) is 35.7 Å². The van der Waals surface area contributed by atoms with E-state index in [0.29, 0.717) is 29.8 Å². The maximum Gasteiger partial charge on any atom is 0.255 e. The summed E-state index contributed by atoms with van der Waals surface area (Å²) in [6.07, 6.45) is 1.01. The molecular formula is C19H23N3O2. The van der Waals surface area contributed by atoms with Gasteiger partial charge in [-0.1, -0.05) is 24.3 Å². The predicted octanol–water partition coefficient (Wildman–Crippen LogP) is 3.31. The number of nitrogens with one attached hydrogen (secondary N) is 2. The van der Waals surface area contributed by atoms with Gasteiger partial charge in [0.25, 0.3) is 5.91 Å². The lowest BCUT2D eigenvalue weighted by molar-refractivity contribution is -0.116. The van der Waals surface area contributed by atoms with Crippen LogP contribution in [0, 0.1) is 6.92 Å². The molecule has 2 aromatic carbocycles. The van der Waals surface area contributed by atoms with Crippen molar-refractivity contribution in [3.63, 3.8) is 0 Å². The molecule has 1 unspecified atom stereocenters. The fourth-order valence-corrected chi connectivity index (χ4v) is 2.26. The molecule has 1 atom stereocenters. The van der Waals surface area contributed by atoms with E-state index in [1.807, 2.05) is 44.2 Å². The number of hydrogen-bond donors (Lipinski definition) is 3. The van der Waals surface area contributed by atoms with Crippen molar-refractivity contribution in [3.05, 3.63) is 59.7 Å². The Morgan fingerprint density at radius 1 is 1.00 bits per heavy atom. The lowest BCUT2D eigenvalue weighted by Gasteiger charge is -2.14. The predicted molar refractivity (Wildman–Crippen MR) is 97.1 cm³/mol. The molecule has 4 N–H and O–H groups in total. The average molecular weight is 325 g/mol. The van der Waals surface area contributed by atoms with Gasteiger partial charge in [0, 0.05) is 29.4 Å². The Morgan fingerprint density at radius 3 is 2.25 bits per heavy atom. The summed E-state index contributed by atoms with van der Waals surface area (Å²) in [7, 11) is 0. The van der Waals surface area contributed by atoms with Crippen LogP contribution in [0.15, 0.2) is 48.5 Å². The maximum absolute atomic E-state index is 12.3. The summed E-state index contributed by atoms with van der Waals surface area (Å²) in [6, 6.07) is 14.4. The van der Waals surface area contributed by atoms with Gasteiger partial charge in [0.1, 0.15) is 0 Å². The van der Waals surface area contributed by atoms with Crippen LogP contribution < -0.4 is 16.4 Å². The largest absolute Gasteiger partial charge is 0.328 e. The van der Waals surface area contributed by atoms with E-state index in [9.17, 15) is 9.59 Å². The van der Waals surface area contributed by atoms with Gasteiger partial charge in [-0.25, -0.2) is 0 Å². The van der Waals surface area contributed by atoms with Crippen molar-refractivity contribution < 1.29 is 9.59 Å². The Kier molecular flexibility index (Phi) is 6.09. The second-order valence-corrected chi connectivity index (χ2v) is 5.86. The molecule has 0 aliphatic rings. The third-order valence-electron chi connectivity index (χ3n) is 3.72. The van der Waals surface area contributed by atoms with E-state index >= 15 is 0 Å². The number of benzene rings is 2. The third-order valence-corrected chi connectivity index (χ3v) is 3.72. The fourth-order valence-electron chi connectivity index (χ4n) is 2.26. The summed E-state index contributed by atoms with van der Waals surface area (Å²) in [5.74, 6) is -0.263. The van der Waals surface area contributed by atoms with Gasteiger partial charge >= 0.3 is 0 Å². The topological polar surface area (TPSA) is 84.2 Å². The molecule has 0 heterocycles. The number of carbonyl (C=O) groups is 2. The molecule has 0 aliphatic heterocycles. The smallest absolute Gasteiger partial charge is 0.255 e. The van der Waals surface area contributed by atoms with Crippen molar-refractivity contribution >= 4 is 23.2 Å². The van der Waals surface area contributed by atoms with Crippen LogP contribution in [-0.4, -0.2) is 17.9 Å². The highest BCUT2D eigenvalue weighted by Crippen LogP contribution is 2.24. The van der Waals surface area contributed by atoms with Crippen LogP contribution in [0.2, 0.25) is 0 Å². The van der Waals surface area contributed by atoms with E-state index < -0.39 is 0 Å². The molecule has 0 saturated heterocycles. The number of rotatable bonds is 6. The summed E-state index contributed by atoms with van der Waals surface area (Å²) < 4.78 is 0. The normalized spacial score (nSPS) is 11.6. The van der Waals surface area contributed by atoms with Crippen LogP contribution in [-0.2, 0) is 4.79 Å². The number of hydrogen-bond acceptors (Lipinski definition) is 3. The van der Waals surface area contributed by atoms with E-state index in [4.69, 9.17) is 5.73 Å². The second-order valence-electron chi connectivity index (χ2n) is 5.86. The first-order chi connectivity index (χ1) is 11.5. The van der Waals surface area contributed by atoms with Gasteiger partial charge < -0.3 is 16.4 Å². The molecule has 0 spiro atoms. The SMILES string of the molecule is Cc1c(NC(=O)CCC(C)N)cccc1NC(=O)c1ccccc1. The first-order valence-corrected chi connectivity index (χ1v) is 7.99. The number of amides is 2. The molecule has 126 valence electrons. The molecule has 0 bridgehead atoms. The summed E-state index contributed by atoms with van der Waals surface area (Å²) >= 11 is 0. The van der Waals surface area contributed by atoms with Gasteiger partial charge in [-0.15, -0.1) is 0 Å². The van der Waals surface area contributed by atoms with Crippen LogP contribution >= 0.6 is 0 Å². The van der Waals surface area contributed by atoms with Crippen LogP contribution in [0.4, 0.5) is 11.4 Å². The average Bonchev–Trinajstić information content (AvgIpc) is 2.57. The molecule has 0 aliphatic carbocycles. The molecule has 0 fully saturated rings. The molecule has 0 aromatic heterocycles. The van der Waals surface area contributed by atoms with Crippen molar-refractivity contribution in [1.29, 1.82) is 0 Å². The highest BCUT2D eigenvalue weighted by atomic mass is 16.2. The van der Waals surface area contributed by atoms with Gasteiger partial charge in [-0.2, -0.15) is 0 Å². The minimum absolute atomic E-state index is 0.00616. The third kappa shape index (κ3) is 4.93. The zero-order valence-corrected chi connectivity index (χ0v) is 14.0. The first kappa shape index (κ1) is 17.7. The summed E-state index contributed by atoms with van der Waals surface area (Å²) in [4.78, 5) is 24.2. The summed E-state index contributed by atoms with van der Waals surface area (Å²) in [5, 5.41) is 5.75. The lowest BCUT2D eigenvalue weighted by Crippen LogP contribution is -2.20. The van der Waals surface area contributed by atoms with Gasteiger partial charge in [0.15, 0.2) is 0 Å². The Hall–Kier alpha value is -2.66. The second kappa shape index (κ2) is 8.26. The quantitative estimate of drug-likeness (QED) is 0.762. The molecule has 5 nitrogen and oxygen atoms in total. The summed E-state index contributed by atoms with van der Waals surface area (Å²) in [6.45, 7) is 3.74. The van der Waals surface area contributed by atoms with Crippen LogP contribution in [0.3, 0.4) is 0 Å². The van der Waals surface area contributed by atoms with E-state index in [0.717, 1.165) is 5.56 Å². The highest BCUT2D eigenvalue weighted by Gasteiger charge is 2.11. The fraction of sp³-hybridized carbons (Fsp3) is 0.263. The minimum atomic E-state index is -0.181.